The van der Waals surface area contributed by atoms with E-state index in [4.69, 9.17) is 9.84 Å². The summed E-state index contributed by atoms with van der Waals surface area (Å²) in [6, 6.07) is 3.02. The molecular formula is C11H15N3O3. The third-order valence-corrected chi connectivity index (χ3v) is 2.96. The maximum Gasteiger partial charge on any atom is 0.326 e. The van der Waals surface area contributed by atoms with E-state index in [9.17, 15) is 4.79 Å². The number of hydrogen-bond donors (Lipinski definition) is 1. The predicted octanol–water partition coefficient (Wildman–Crippen LogP) is 0.463. The van der Waals surface area contributed by atoms with Gasteiger partial charge in [-0.25, -0.2) is 4.79 Å². The lowest BCUT2D eigenvalue weighted by Gasteiger charge is -2.21. The molecule has 0 spiro atoms. The Hall–Kier alpha value is -1.69. The van der Waals surface area contributed by atoms with Crippen molar-refractivity contribution in [3.63, 3.8) is 0 Å². The van der Waals surface area contributed by atoms with Crippen molar-refractivity contribution < 1.29 is 14.6 Å². The fraction of sp³-hybridized carbons (Fsp3) is 0.545. The second-order valence-electron chi connectivity index (χ2n) is 4.13. The number of anilines is 1. The minimum atomic E-state index is -0.855. The molecule has 1 saturated heterocycles. The lowest BCUT2D eigenvalue weighted by Crippen LogP contribution is -2.36. The molecule has 0 aromatic carbocycles. The molecule has 0 bridgehead atoms. The zero-order chi connectivity index (χ0) is 12.4. The van der Waals surface area contributed by atoms with Crippen LogP contribution < -0.4 is 4.90 Å². The van der Waals surface area contributed by atoms with Crippen molar-refractivity contribution in [3.8, 4) is 0 Å². The summed E-state index contributed by atoms with van der Waals surface area (Å²) in [7, 11) is 1.59. The summed E-state index contributed by atoms with van der Waals surface area (Å²) in [5.74, 6) is -0.269. The molecule has 92 valence electrons. The first kappa shape index (κ1) is 11.8. The van der Waals surface area contributed by atoms with Crippen LogP contribution in [-0.4, -0.2) is 47.1 Å². The Morgan fingerprint density at radius 1 is 1.53 bits per heavy atom. The quantitative estimate of drug-likeness (QED) is 0.823. The Balaban J connectivity index is 2.23. The fourth-order valence-electron chi connectivity index (χ4n) is 2.00. The van der Waals surface area contributed by atoms with Crippen LogP contribution in [0.1, 0.15) is 12.1 Å². The number of aryl methyl sites for hydroxylation is 1. The van der Waals surface area contributed by atoms with Gasteiger partial charge in [0.15, 0.2) is 5.82 Å². The number of aliphatic carboxylic acids is 1. The van der Waals surface area contributed by atoms with Crippen molar-refractivity contribution in [3.05, 3.63) is 17.8 Å². The average Bonchev–Trinajstić information content (AvgIpc) is 2.74. The number of hydrogen-bond acceptors (Lipinski definition) is 5. The zero-order valence-corrected chi connectivity index (χ0v) is 9.83. The summed E-state index contributed by atoms with van der Waals surface area (Å²) in [4.78, 5) is 12.9. The van der Waals surface area contributed by atoms with Crippen LogP contribution in [0.5, 0.6) is 0 Å². The van der Waals surface area contributed by atoms with E-state index in [1.165, 1.54) is 0 Å². The maximum absolute atomic E-state index is 11.2. The number of ether oxygens (including phenoxy) is 1. The van der Waals surface area contributed by atoms with E-state index >= 15 is 0 Å². The van der Waals surface area contributed by atoms with Gasteiger partial charge in [-0.2, -0.15) is 5.10 Å². The Labute approximate surface area is 99.2 Å². The Morgan fingerprint density at radius 3 is 2.82 bits per heavy atom. The van der Waals surface area contributed by atoms with Gasteiger partial charge in [0.1, 0.15) is 6.04 Å². The number of carboxylic acids is 1. The molecule has 6 nitrogen and oxygen atoms in total. The minimum Gasteiger partial charge on any atom is -0.480 e. The Morgan fingerprint density at radius 2 is 2.29 bits per heavy atom. The summed E-state index contributed by atoms with van der Waals surface area (Å²) in [6.07, 6.45) is 0.403. The summed E-state index contributed by atoms with van der Waals surface area (Å²) in [5.41, 5.74) is 0.808. The highest BCUT2D eigenvalue weighted by molar-refractivity contribution is 5.78. The van der Waals surface area contributed by atoms with Crippen LogP contribution in [0, 0.1) is 6.92 Å². The van der Waals surface area contributed by atoms with Crippen LogP contribution in [-0.2, 0) is 9.53 Å². The van der Waals surface area contributed by atoms with Crippen LogP contribution in [0.3, 0.4) is 0 Å². The van der Waals surface area contributed by atoms with Gasteiger partial charge in [-0.05, 0) is 19.1 Å². The van der Waals surface area contributed by atoms with Gasteiger partial charge in [0.05, 0.1) is 11.8 Å². The predicted molar refractivity (Wildman–Crippen MR) is 61.0 cm³/mol. The first-order valence-corrected chi connectivity index (χ1v) is 5.44. The van der Waals surface area contributed by atoms with Gasteiger partial charge >= 0.3 is 5.97 Å². The molecule has 1 aliphatic heterocycles. The molecule has 0 aliphatic carbocycles. The second kappa shape index (κ2) is 4.67. The number of carboxylic acid groups (broad SMARTS) is 1. The molecule has 2 rings (SSSR count). The van der Waals surface area contributed by atoms with Crippen LogP contribution in [0.25, 0.3) is 0 Å². The van der Waals surface area contributed by atoms with Crippen molar-refractivity contribution >= 4 is 11.8 Å². The van der Waals surface area contributed by atoms with Crippen molar-refractivity contribution in [2.75, 3.05) is 18.6 Å². The summed E-state index contributed by atoms with van der Waals surface area (Å²) < 4.78 is 5.21. The van der Waals surface area contributed by atoms with Crippen molar-refractivity contribution in [2.45, 2.75) is 25.5 Å². The molecule has 1 aliphatic rings. The Kier molecular flexibility index (Phi) is 3.23. The topological polar surface area (TPSA) is 75.6 Å². The highest BCUT2D eigenvalue weighted by Crippen LogP contribution is 2.25. The summed E-state index contributed by atoms with van der Waals surface area (Å²) >= 11 is 0. The van der Waals surface area contributed by atoms with Gasteiger partial charge < -0.3 is 14.7 Å². The lowest BCUT2D eigenvalue weighted by atomic mass is 10.2. The lowest BCUT2D eigenvalue weighted by molar-refractivity contribution is -0.138. The number of aromatic nitrogens is 2. The molecule has 2 unspecified atom stereocenters. The minimum absolute atomic E-state index is 0.0702. The van der Waals surface area contributed by atoms with E-state index in [1.54, 1.807) is 18.1 Å². The number of methoxy groups -OCH3 is 1. The molecule has 2 atom stereocenters. The van der Waals surface area contributed by atoms with Crippen molar-refractivity contribution in [2.24, 2.45) is 0 Å². The van der Waals surface area contributed by atoms with Gasteiger partial charge in [0, 0.05) is 20.1 Å². The fourth-order valence-corrected chi connectivity index (χ4v) is 2.00. The molecule has 1 aromatic heterocycles. The van der Waals surface area contributed by atoms with E-state index in [1.807, 2.05) is 13.0 Å². The summed E-state index contributed by atoms with van der Waals surface area (Å²) in [5, 5.41) is 17.1. The smallest absolute Gasteiger partial charge is 0.326 e. The van der Waals surface area contributed by atoms with Crippen LogP contribution >= 0.6 is 0 Å². The maximum atomic E-state index is 11.2. The van der Waals surface area contributed by atoms with Gasteiger partial charge in [-0.3, -0.25) is 0 Å². The molecule has 6 heteroatoms. The third kappa shape index (κ3) is 2.36. The van der Waals surface area contributed by atoms with E-state index in [-0.39, 0.29) is 6.10 Å². The standard InChI is InChI=1S/C11H15N3O3/c1-7-3-4-10(13-12-7)14-6-8(17-2)5-9(14)11(15)16/h3-4,8-9H,5-6H2,1-2H3,(H,15,16). The monoisotopic (exact) mass is 237 g/mol. The Bertz CT molecular complexity index is 407. The molecule has 1 N–H and O–H groups in total. The molecule has 1 fully saturated rings. The zero-order valence-electron chi connectivity index (χ0n) is 9.83. The molecule has 0 saturated carbocycles. The molecule has 0 amide bonds. The average molecular weight is 237 g/mol. The summed E-state index contributed by atoms with van der Waals surface area (Å²) in [6.45, 7) is 2.37. The van der Waals surface area contributed by atoms with Crippen molar-refractivity contribution in [1.82, 2.24) is 10.2 Å². The number of rotatable bonds is 3. The normalized spacial score (nSPS) is 24.0. The number of nitrogens with zero attached hydrogens (tertiary/aromatic N) is 3. The molecule has 17 heavy (non-hydrogen) atoms. The first-order chi connectivity index (χ1) is 8.11. The van der Waals surface area contributed by atoms with Gasteiger partial charge in [0.2, 0.25) is 0 Å². The largest absolute Gasteiger partial charge is 0.480 e. The number of carbonyl (C=O) groups is 1. The highest BCUT2D eigenvalue weighted by Gasteiger charge is 2.37. The van der Waals surface area contributed by atoms with E-state index in [0.29, 0.717) is 18.8 Å². The van der Waals surface area contributed by atoms with E-state index in [2.05, 4.69) is 10.2 Å². The molecule has 2 heterocycles. The van der Waals surface area contributed by atoms with Crippen LogP contribution in [0.15, 0.2) is 12.1 Å². The van der Waals surface area contributed by atoms with Gasteiger partial charge in [-0.15, -0.1) is 5.10 Å². The van der Waals surface area contributed by atoms with Crippen LogP contribution in [0.4, 0.5) is 5.82 Å². The molecular weight excluding hydrogens is 222 g/mol. The van der Waals surface area contributed by atoms with E-state index in [0.717, 1.165) is 5.69 Å². The second-order valence-corrected chi connectivity index (χ2v) is 4.13. The molecule has 1 aromatic rings. The molecule has 0 radical (unpaired) electrons. The van der Waals surface area contributed by atoms with E-state index < -0.39 is 12.0 Å². The van der Waals surface area contributed by atoms with Crippen LogP contribution in [0.2, 0.25) is 0 Å². The van der Waals surface area contributed by atoms with Gasteiger partial charge in [-0.1, -0.05) is 0 Å². The first-order valence-electron chi connectivity index (χ1n) is 5.44. The third-order valence-electron chi connectivity index (χ3n) is 2.96. The van der Waals surface area contributed by atoms with Gasteiger partial charge in [0.25, 0.3) is 0 Å². The highest BCUT2D eigenvalue weighted by atomic mass is 16.5. The SMILES string of the molecule is COC1CC(C(=O)O)N(c2ccc(C)nn2)C1. The van der Waals surface area contributed by atoms with Crippen molar-refractivity contribution in [1.29, 1.82) is 0 Å².